The number of aryl methyl sites for hydroxylation is 2. The lowest BCUT2D eigenvalue weighted by molar-refractivity contribution is 0.595. The van der Waals surface area contributed by atoms with Crippen molar-refractivity contribution in [3.63, 3.8) is 0 Å². The van der Waals surface area contributed by atoms with Gasteiger partial charge in [0.25, 0.3) is 0 Å². The molecule has 96 valence electrons. The largest absolute Gasteiger partial charge is 0.397 e. The molecule has 0 saturated carbocycles. The van der Waals surface area contributed by atoms with Gasteiger partial charge in [-0.15, -0.1) is 0 Å². The van der Waals surface area contributed by atoms with Gasteiger partial charge in [-0.2, -0.15) is 5.10 Å². The van der Waals surface area contributed by atoms with Gasteiger partial charge in [-0.25, -0.2) is 8.42 Å². The molecular weight excluding hydrogens is 250 g/mol. The Bertz CT molecular complexity index is 674. The molecule has 5 nitrogen and oxygen atoms in total. The molecule has 2 rings (SSSR count). The van der Waals surface area contributed by atoms with Crippen LogP contribution in [0.15, 0.2) is 35.5 Å². The van der Waals surface area contributed by atoms with Gasteiger partial charge >= 0.3 is 0 Å². The van der Waals surface area contributed by atoms with E-state index in [1.54, 1.807) is 43.2 Å². The van der Waals surface area contributed by atoms with E-state index in [-0.39, 0.29) is 10.6 Å². The van der Waals surface area contributed by atoms with Gasteiger partial charge < -0.3 is 5.73 Å². The van der Waals surface area contributed by atoms with Gasteiger partial charge in [-0.3, -0.25) is 4.68 Å². The van der Waals surface area contributed by atoms with E-state index in [2.05, 4.69) is 5.10 Å². The zero-order valence-corrected chi connectivity index (χ0v) is 11.1. The van der Waals surface area contributed by atoms with Gasteiger partial charge in [0.05, 0.1) is 22.5 Å². The van der Waals surface area contributed by atoms with Gasteiger partial charge in [0.2, 0.25) is 0 Å². The first-order chi connectivity index (χ1) is 8.40. The average Bonchev–Trinajstić information content (AvgIpc) is 2.67. The van der Waals surface area contributed by atoms with E-state index in [9.17, 15) is 8.42 Å². The number of hydrogen-bond donors (Lipinski definition) is 1. The van der Waals surface area contributed by atoms with Gasteiger partial charge in [0.1, 0.15) is 0 Å². The number of nitrogens with two attached hydrogens (primary N) is 1. The fraction of sp³-hybridized carbons (Fsp3) is 0.250. The first-order valence-electron chi connectivity index (χ1n) is 5.45. The molecule has 2 N–H and O–H groups in total. The predicted molar refractivity (Wildman–Crippen MR) is 69.7 cm³/mol. The van der Waals surface area contributed by atoms with Crippen LogP contribution in [0.4, 0.5) is 5.69 Å². The molecule has 0 atom stereocenters. The SMILES string of the molecule is Cc1cccc(S(=O)(=O)Cc2cnn(C)c2)c1N. The maximum atomic E-state index is 12.3. The van der Waals surface area contributed by atoms with E-state index in [4.69, 9.17) is 5.73 Å². The molecule has 1 aromatic heterocycles. The highest BCUT2D eigenvalue weighted by Crippen LogP contribution is 2.24. The summed E-state index contributed by atoms with van der Waals surface area (Å²) in [7, 11) is -1.68. The predicted octanol–water partition coefficient (Wildman–Crippen LogP) is 1.28. The van der Waals surface area contributed by atoms with Gasteiger partial charge in [0.15, 0.2) is 9.84 Å². The minimum absolute atomic E-state index is 0.0888. The summed E-state index contributed by atoms with van der Waals surface area (Å²) in [4.78, 5) is 0.186. The van der Waals surface area contributed by atoms with Crippen molar-refractivity contribution in [2.75, 3.05) is 5.73 Å². The van der Waals surface area contributed by atoms with Crippen LogP contribution in [-0.2, 0) is 22.6 Å². The monoisotopic (exact) mass is 265 g/mol. The lowest BCUT2D eigenvalue weighted by Crippen LogP contribution is -2.08. The molecule has 2 aromatic rings. The van der Waals surface area contributed by atoms with Crippen LogP contribution < -0.4 is 5.73 Å². The molecule has 18 heavy (non-hydrogen) atoms. The van der Waals surface area contributed by atoms with E-state index in [0.717, 1.165) is 5.56 Å². The van der Waals surface area contributed by atoms with Gasteiger partial charge in [-0.05, 0) is 18.6 Å². The smallest absolute Gasteiger partial charge is 0.184 e. The zero-order valence-electron chi connectivity index (χ0n) is 10.3. The Hall–Kier alpha value is -1.82. The number of aromatic nitrogens is 2. The highest BCUT2D eigenvalue weighted by Gasteiger charge is 2.19. The zero-order chi connectivity index (χ0) is 13.3. The van der Waals surface area contributed by atoms with Crippen molar-refractivity contribution in [1.29, 1.82) is 0 Å². The van der Waals surface area contributed by atoms with Crippen LogP contribution in [-0.4, -0.2) is 18.2 Å². The topological polar surface area (TPSA) is 78.0 Å². The third kappa shape index (κ3) is 2.38. The third-order valence-electron chi connectivity index (χ3n) is 2.73. The quantitative estimate of drug-likeness (QED) is 0.848. The Kier molecular flexibility index (Phi) is 3.13. The number of nitrogens with zero attached hydrogens (tertiary/aromatic N) is 2. The highest BCUT2D eigenvalue weighted by atomic mass is 32.2. The van der Waals surface area contributed by atoms with Crippen molar-refractivity contribution in [1.82, 2.24) is 9.78 Å². The summed E-state index contributed by atoms with van der Waals surface area (Å²) in [5.74, 6) is -0.0888. The van der Waals surface area contributed by atoms with Crippen molar-refractivity contribution in [2.24, 2.45) is 7.05 Å². The first kappa shape index (κ1) is 12.6. The fourth-order valence-corrected chi connectivity index (χ4v) is 3.29. The van der Waals surface area contributed by atoms with E-state index >= 15 is 0 Å². The molecule has 1 aromatic carbocycles. The summed E-state index contributed by atoms with van der Waals surface area (Å²) >= 11 is 0. The summed E-state index contributed by atoms with van der Waals surface area (Å²) in [5, 5.41) is 3.96. The van der Waals surface area contributed by atoms with Crippen molar-refractivity contribution >= 4 is 15.5 Å². The average molecular weight is 265 g/mol. The second-order valence-corrected chi connectivity index (χ2v) is 6.23. The van der Waals surface area contributed by atoms with Gasteiger partial charge in [0, 0.05) is 18.8 Å². The maximum Gasteiger partial charge on any atom is 0.184 e. The third-order valence-corrected chi connectivity index (χ3v) is 4.47. The molecule has 0 bridgehead atoms. The number of benzene rings is 1. The van der Waals surface area contributed by atoms with Crippen molar-refractivity contribution in [3.8, 4) is 0 Å². The van der Waals surface area contributed by atoms with Crippen LogP contribution in [0, 0.1) is 6.92 Å². The van der Waals surface area contributed by atoms with Crippen LogP contribution in [0.3, 0.4) is 0 Å². The number of para-hydroxylation sites is 1. The molecule has 0 amide bonds. The number of rotatable bonds is 3. The molecule has 0 saturated heterocycles. The molecule has 0 aliphatic carbocycles. The summed E-state index contributed by atoms with van der Waals surface area (Å²) in [6, 6.07) is 5.02. The highest BCUT2D eigenvalue weighted by molar-refractivity contribution is 7.90. The Morgan fingerprint density at radius 1 is 1.39 bits per heavy atom. The Balaban J connectivity index is 2.40. The molecule has 6 heteroatoms. The molecule has 0 spiro atoms. The summed E-state index contributed by atoms with van der Waals surface area (Å²) in [5.41, 5.74) is 7.57. The minimum atomic E-state index is -3.43. The van der Waals surface area contributed by atoms with E-state index < -0.39 is 9.84 Å². The molecule has 0 unspecified atom stereocenters. The number of sulfone groups is 1. The Morgan fingerprint density at radius 2 is 2.11 bits per heavy atom. The van der Waals surface area contributed by atoms with Gasteiger partial charge in [-0.1, -0.05) is 12.1 Å². The number of hydrogen-bond acceptors (Lipinski definition) is 4. The molecule has 0 radical (unpaired) electrons. The standard InChI is InChI=1S/C12H15N3O2S/c1-9-4-3-5-11(12(9)13)18(16,17)8-10-6-14-15(2)7-10/h3-7H,8,13H2,1-2H3. The molecule has 0 aliphatic rings. The van der Waals surface area contributed by atoms with Crippen LogP contribution in [0.5, 0.6) is 0 Å². The van der Waals surface area contributed by atoms with Crippen molar-refractivity contribution in [3.05, 3.63) is 41.7 Å². The molecular formula is C12H15N3O2S. The second-order valence-electron chi connectivity index (χ2n) is 4.27. The summed E-state index contributed by atoms with van der Waals surface area (Å²) in [6.07, 6.45) is 3.23. The minimum Gasteiger partial charge on any atom is -0.397 e. The van der Waals surface area contributed by atoms with Crippen LogP contribution in [0.1, 0.15) is 11.1 Å². The first-order valence-corrected chi connectivity index (χ1v) is 7.11. The molecule has 1 heterocycles. The van der Waals surface area contributed by atoms with Crippen LogP contribution >= 0.6 is 0 Å². The Morgan fingerprint density at radius 3 is 2.72 bits per heavy atom. The van der Waals surface area contributed by atoms with E-state index in [1.807, 2.05) is 0 Å². The lowest BCUT2D eigenvalue weighted by Gasteiger charge is -2.08. The Labute approximate surface area is 106 Å². The lowest BCUT2D eigenvalue weighted by atomic mass is 10.2. The normalized spacial score (nSPS) is 11.7. The van der Waals surface area contributed by atoms with Crippen molar-refractivity contribution < 1.29 is 8.42 Å². The fourth-order valence-electron chi connectivity index (χ4n) is 1.77. The second kappa shape index (κ2) is 4.45. The van der Waals surface area contributed by atoms with E-state index in [1.165, 1.54) is 6.07 Å². The van der Waals surface area contributed by atoms with E-state index in [0.29, 0.717) is 11.3 Å². The summed E-state index contributed by atoms with van der Waals surface area (Å²) in [6.45, 7) is 1.79. The maximum absolute atomic E-state index is 12.3. The van der Waals surface area contributed by atoms with Crippen molar-refractivity contribution in [2.45, 2.75) is 17.6 Å². The van der Waals surface area contributed by atoms with Crippen LogP contribution in [0.25, 0.3) is 0 Å². The summed E-state index contributed by atoms with van der Waals surface area (Å²) < 4.78 is 26.1. The number of nitrogen functional groups attached to an aromatic ring is 1. The van der Waals surface area contributed by atoms with Crippen LogP contribution in [0.2, 0.25) is 0 Å². The number of anilines is 1. The molecule has 0 aliphatic heterocycles. The molecule has 0 fully saturated rings.